The summed E-state index contributed by atoms with van der Waals surface area (Å²) in [5, 5.41) is 6.00. The van der Waals surface area contributed by atoms with Gasteiger partial charge in [-0.05, 0) is 66.5 Å². The van der Waals surface area contributed by atoms with E-state index in [0.717, 1.165) is 40.0 Å². The number of pyridine rings is 1. The number of allylic oxidation sites excluding steroid dienone is 6. The molecule has 45 heavy (non-hydrogen) atoms. The van der Waals surface area contributed by atoms with Crippen LogP contribution in [0.2, 0.25) is 0 Å². The zero-order valence-electron chi connectivity index (χ0n) is 26.4. The molecule has 0 saturated heterocycles. The Hall–Kier alpha value is -5.28. The van der Waals surface area contributed by atoms with E-state index in [1.165, 1.54) is 27.7 Å². The van der Waals surface area contributed by atoms with Crippen molar-refractivity contribution in [1.29, 1.82) is 0 Å². The highest BCUT2D eigenvalue weighted by Crippen LogP contribution is 2.27. The van der Waals surface area contributed by atoms with Crippen LogP contribution in [0.15, 0.2) is 168 Å². The number of amidine groups is 1. The first-order valence-corrected chi connectivity index (χ1v) is 15.7. The summed E-state index contributed by atoms with van der Waals surface area (Å²) in [6.45, 7) is 7.48. The fourth-order valence-electron chi connectivity index (χ4n) is 5.27. The number of benzene rings is 4. The van der Waals surface area contributed by atoms with Gasteiger partial charge in [0, 0.05) is 29.3 Å². The molecule has 0 atom stereocenters. The second-order valence-electron chi connectivity index (χ2n) is 10.9. The van der Waals surface area contributed by atoms with Gasteiger partial charge in [-0.3, -0.25) is 9.98 Å². The molecule has 0 fully saturated rings. The Morgan fingerprint density at radius 2 is 1.38 bits per heavy atom. The molecule has 0 radical (unpaired) electrons. The smallest absolute Gasteiger partial charge is 0.128 e. The molecule has 0 aliphatic carbocycles. The van der Waals surface area contributed by atoms with Crippen molar-refractivity contribution < 1.29 is 0 Å². The highest BCUT2D eigenvalue weighted by atomic mass is 15.0. The summed E-state index contributed by atoms with van der Waals surface area (Å²) in [7, 11) is 0. The van der Waals surface area contributed by atoms with Crippen LogP contribution in [0.4, 0.5) is 0 Å². The van der Waals surface area contributed by atoms with Crippen LogP contribution >= 0.6 is 0 Å². The second-order valence-corrected chi connectivity index (χ2v) is 10.9. The monoisotopic (exact) mass is 587 g/mol. The largest absolute Gasteiger partial charge is 0.366 e. The summed E-state index contributed by atoms with van der Waals surface area (Å²) in [5.74, 6) is 0.880. The lowest BCUT2D eigenvalue weighted by Crippen LogP contribution is -2.26. The fourth-order valence-corrected chi connectivity index (χ4v) is 5.27. The van der Waals surface area contributed by atoms with Crippen molar-refractivity contribution in [2.45, 2.75) is 33.7 Å². The molecule has 0 amide bonds. The van der Waals surface area contributed by atoms with Gasteiger partial charge in [-0.25, -0.2) is 0 Å². The first kappa shape index (κ1) is 31.2. The van der Waals surface area contributed by atoms with Gasteiger partial charge in [0.15, 0.2) is 0 Å². The third-order valence-electron chi connectivity index (χ3n) is 7.85. The van der Waals surface area contributed by atoms with Gasteiger partial charge >= 0.3 is 0 Å². The Balaban J connectivity index is 1.35. The summed E-state index contributed by atoms with van der Waals surface area (Å²) in [5.41, 5.74) is 9.23. The first-order chi connectivity index (χ1) is 22.2. The Kier molecular flexibility index (Phi) is 11.1. The van der Waals surface area contributed by atoms with Crippen molar-refractivity contribution in [2.24, 2.45) is 4.99 Å². The SMILES string of the molecule is C/C=C\C(=C/C)C/C=C\C(=C/C)CNC(=NCc1ccc(-c2nccc3ccccc23)cc1)c1ccc(-c2ccccc2)cc1. The van der Waals surface area contributed by atoms with Gasteiger partial charge in [-0.15, -0.1) is 0 Å². The Morgan fingerprint density at radius 1 is 0.689 bits per heavy atom. The second kappa shape index (κ2) is 16.0. The van der Waals surface area contributed by atoms with Gasteiger partial charge in [0.25, 0.3) is 0 Å². The zero-order valence-corrected chi connectivity index (χ0v) is 26.4. The van der Waals surface area contributed by atoms with Crippen molar-refractivity contribution in [3.05, 3.63) is 174 Å². The van der Waals surface area contributed by atoms with Gasteiger partial charge in [0.2, 0.25) is 0 Å². The number of nitrogens with zero attached hydrogens (tertiary/aromatic N) is 2. The maximum atomic E-state index is 5.09. The molecule has 5 aromatic rings. The molecule has 1 N–H and O–H groups in total. The molecule has 3 heteroatoms. The lowest BCUT2D eigenvalue weighted by atomic mass is 10.0. The van der Waals surface area contributed by atoms with Crippen molar-refractivity contribution in [2.75, 3.05) is 6.54 Å². The standard InChI is InChI=1S/C42H41N3/c1-4-13-32(5-2)14-12-15-33(6-3)30-44-42(39-26-24-36(25-27-39)35-16-8-7-9-17-35)45-31-34-20-22-38(23-21-34)41-40-19-11-10-18-37(40)28-29-43-41/h4-13,15-29H,14,30-31H2,1-3H3,(H,44,45)/b13-4-,15-12-,32-5+,33-6+. The van der Waals surface area contributed by atoms with Gasteiger partial charge in [0.1, 0.15) is 5.84 Å². The van der Waals surface area contributed by atoms with Crippen LogP contribution in [0.5, 0.6) is 0 Å². The quantitative estimate of drug-likeness (QED) is 0.0948. The van der Waals surface area contributed by atoms with Crippen molar-refractivity contribution in [1.82, 2.24) is 10.3 Å². The number of aliphatic imine (C=N–C) groups is 1. The van der Waals surface area contributed by atoms with Crippen LogP contribution in [-0.2, 0) is 6.54 Å². The van der Waals surface area contributed by atoms with Crippen molar-refractivity contribution >= 4 is 16.6 Å². The van der Waals surface area contributed by atoms with E-state index in [9.17, 15) is 0 Å². The molecular formula is C42H41N3. The molecule has 1 heterocycles. The minimum atomic E-state index is 0.570. The highest BCUT2D eigenvalue weighted by molar-refractivity contribution is 5.99. The van der Waals surface area contributed by atoms with Crippen molar-refractivity contribution in [3.63, 3.8) is 0 Å². The fraction of sp³-hybridized carbons (Fsp3) is 0.143. The van der Waals surface area contributed by atoms with E-state index < -0.39 is 0 Å². The summed E-state index contributed by atoms with van der Waals surface area (Å²) in [6, 6.07) is 38.2. The van der Waals surface area contributed by atoms with E-state index in [2.05, 4.69) is 171 Å². The van der Waals surface area contributed by atoms with Crippen molar-refractivity contribution in [3.8, 4) is 22.4 Å². The maximum absolute atomic E-state index is 5.09. The molecule has 0 unspecified atom stereocenters. The molecule has 1 aromatic heterocycles. The predicted octanol–water partition coefficient (Wildman–Crippen LogP) is 10.5. The molecule has 0 saturated carbocycles. The molecule has 0 aliphatic rings. The first-order valence-electron chi connectivity index (χ1n) is 15.7. The van der Waals surface area contributed by atoms with Gasteiger partial charge in [0.05, 0.1) is 12.2 Å². The number of fused-ring (bicyclic) bond motifs is 1. The van der Waals surface area contributed by atoms with Gasteiger partial charge in [-0.2, -0.15) is 0 Å². The highest BCUT2D eigenvalue weighted by Gasteiger charge is 2.08. The summed E-state index contributed by atoms with van der Waals surface area (Å²) >= 11 is 0. The summed E-state index contributed by atoms with van der Waals surface area (Å²) in [4.78, 5) is 9.78. The van der Waals surface area contributed by atoms with E-state index in [4.69, 9.17) is 4.99 Å². The minimum absolute atomic E-state index is 0.570. The molecule has 5 rings (SSSR count). The molecule has 0 bridgehead atoms. The average Bonchev–Trinajstić information content (AvgIpc) is 3.11. The van der Waals surface area contributed by atoms with E-state index in [-0.39, 0.29) is 0 Å². The normalized spacial score (nSPS) is 12.8. The number of hydrogen-bond donors (Lipinski definition) is 1. The van der Waals surface area contributed by atoms with E-state index in [0.29, 0.717) is 13.1 Å². The minimum Gasteiger partial charge on any atom is -0.366 e. The lowest BCUT2D eigenvalue weighted by Gasteiger charge is -2.13. The van der Waals surface area contributed by atoms with Crippen LogP contribution < -0.4 is 5.32 Å². The molecule has 0 spiro atoms. The topological polar surface area (TPSA) is 37.3 Å². The molecular weight excluding hydrogens is 546 g/mol. The Morgan fingerprint density at radius 3 is 2.11 bits per heavy atom. The van der Waals surface area contributed by atoms with Crippen LogP contribution in [0.25, 0.3) is 33.2 Å². The van der Waals surface area contributed by atoms with E-state index in [1.807, 2.05) is 12.3 Å². The lowest BCUT2D eigenvalue weighted by molar-refractivity contribution is 0.962. The molecule has 224 valence electrons. The maximum Gasteiger partial charge on any atom is 0.128 e. The van der Waals surface area contributed by atoms with Crippen LogP contribution in [0.1, 0.15) is 38.3 Å². The van der Waals surface area contributed by atoms with Crippen LogP contribution in [0, 0.1) is 0 Å². The number of aromatic nitrogens is 1. The number of hydrogen-bond acceptors (Lipinski definition) is 2. The Bertz CT molecular complexity index is 1830. The van der Waals surface area contributed by atoms with Crippen LogP contribution in [-0.4, -0.2) is 17.4 Å². The molecule has 0 aliphatic heterocycles. The Labute approximate surface area is 268 Å². The molecule has 3 nitrogen and oxygen atoms in total. The van der Waals surface area contributed by atoms with Gasteiger partial charge < -0.3 is 5.32 Å². The third kappa shape index (κ3) is 8.43. The third-order valence-corrected chi connectivity index (χ3v) is 7.85. The zero-order chi connectivity index (χ0) is 31.3. The summed E-state index contributed by atoms with van der Waals surface area (Å²) < 4.78 is 0. The number of rotatable bonds is 11. The van der Waals surface area contributed by atoms with E-state index >= 15 is 0 Å². The average molecular weight is 588 g/mol. The molecule has 4 aromatic carbocycles. The van der Waals surface area contributed by atoms with E-state index in [1.54, 1.807) is 0 Å². The van der Waals surface area contributed by atoms with Gasteiger partial charge in [-0.1, -0.05) is 140 Å². The van der Waals surface area contributed by atoms with Crippen LogP contribution in [0.3, 0.4) is 0 Å². The summed E-state index contributed by atoms with van der Waals surface area (Å²) in [6.07, 6.45) is 15.8. The predicted molar refractivity (Wildman–Crippen MR) is 193 cm³/mol. The number of nitrogens with one attached hydrogen (secondary N) is 1.